The zero-order chi connectivity index (χ0) is 25.0. The van der Waals surface area contributed by atoms with Crippen LogP contribution in [0.3, 0.4) is 0 Å². The minimum absolute atomic E-state index is 0.0828. The van der Waals surface area contributed by atoms with Crippen LogP contribution in [0.1, 0.15) is 23.8 Å². The van der Waals surface area contributed by atoms with Crippen LogP contribution in [0, 0.1) is 0 Å². The summed E-state index contributed by atoms with van der Waals surface area (Å²) in [6.07, 6.45) is 1.14. The molecular formula is C24H24N4O7. The van der Waals surface area contributed by atoms with Gasteiger partial charge >= 0.3 is 18.0 Å². The van der Waals surface area contributed by atoms with E-state index in [4.69, 9.17) is 19.6 Å². The first-order valence-corrected chi connectivity index (χ1v) is 10.5. The Balaban J connectivity index is 1.52. The van der Waals surface area contributed by atoms with Crippen molar-refractivity contribution in [1.29, 1.82) is 0 Å². The van der Waals surface area contributed by atoms with Gasteiger partial charge < -0.3 is 30.3 Å². The lowest BCUT2D eigenvalue weighted by Crippen LogP contribution is -2.41. The van der Waals surface area contributed by atoms with Crippen molar-refractivity contribution in [2.45, 2.75) is 19.0 Å². The predicted octanol–water partition coefficient (Wildman–Crippen LogP) is 2.74. The number of ether oxygens (including phenoxy) is 2. The fourth-order valence-electron chi connectivity index (χ4n) is 3.00. The Morgan fingerprint density at radius 1 is 0.943 bits per heavy atom. The Morgan fingerprint density at radius 2 is 1.71 bits per heavy atom. The van der Waals surface area contributed by atoms with Crippen molar-refractivity contribution < 1.29 is 33.1 Å². The fraction of sp³-hybridized carbons (Fsp3) is 0.167. The summed E-state index contributed by atoms with van der Waals surface area (Å²) in [6, 6.07) is 16.7. The predicted molar refractivity (Wildman–Crippen MR) is 123 cm³/mol. The van der Waals surface area contributed by atoms with Gasteiger partial charge in [0.1, 0.15) is 17.3 Å². The molecule has 182 valence electrons. The number of primary amides is 1. The molecule has 0 saturated heterocycles. The molecule has 0 spiro atoms. The summed E-state index contributed by atoms with van der Waals surface area (Å²) in [5.41, 5.74) is 5.80. The number of furan rings is 1. The van der Waals surface area contributed by atoms with Crippen LogP contribution in [0.2, 0.25) is 0 Å². The maximum Gasteiger partial charge on any atom is 0.321 e. The third kappa shape index (κ3) is 8.57. The molecule has 5 amide bonds. The number of carbonyl (C=O) groups is 4. The lowest BCUT2D eigenvalue weighted by molar-refractivity contribution is -0.148. The van der Waals surface area contributed by atoms with Crippen LogP contribution in [0.15, 0.2) is 77.4 Å². The van der Waals surface area contributed by atoms with Crippen LogP contribution in [0.5, 0.6) is 11.5 Å². The number of para-hydroxylation sites is 1. The largest absolute Gasteiger partial charge is 0.467 e. The summed E-state index contributed by atoms with van der Waals surface area (Å²) in [6.45, 7) is -0.604. The molecule has 1 atom stereocenters. The van der Waals surface area contributed by atoms with Crippen molar-refractivity contribution in [2.75, 3.05) is 6.61 Å². The highest BCUT2D eigenvalue weighted by Crippen LogP contribution is 2.26. The molecule has 3 rings (SSSR count). The zero-order valence-electron chi connectivity index (χ0n) is 18.6. The summed E-state index contributed by atoms with van der Waals surface area (Å²) < 4.78 is 15.8. The maximum absolute atomic E-state index is 12.3. The zero-order valence-corrected chi connectivity index (χ0v) is 18.6. The number of nitrogens with two attached hydrogens (primary N) is 1. The van der Waals surface area contributed by atoms with Gasteiger partial charge in [-0.05, 0) is 42.0 Å². The summed E-state index contributed by atoms with van der Waals surface area (Å²) in [7, 11) is 0. The highest BCUT2D eigenvalue weighted by atomic mass is 16.5. The van der Waals surface area contributed by atoms with E-state index >= 15 is 0 Å². The normalized spacial score (nSPS) is 11.1. The summed E-state index contributed by atoms with van der Waals surface area (Å²) in [5.74, 6) is -0.0107. The van der Waals surface area contributed by atoms with Crippen LogP contribution in [0.25, 0.3) is 0 Å². The Kier molecular flexibility index (Phi) is 8.83. The van der Waals surface area contributed by atoms with Gasteiger partial charge in [-0.1, -0.05) is 30.3 Å². The van der Waals surface area contributed by atoms with E-state index in [-0.39, 0.29) is 13.0 Å². The Hall–Kier alpha value is -4.80. The molecule has 11 nitrogen and oxygen atoms in total. The van der Waals surface area contributed by atoms with E-state index in [1.54, 1.807) is 48.5 Å². The number of amides is 5. The summed E-state index contributed by atoms with van der Waals surface area (Å²) in [4.78, 5) is 47.4. The topological polar surface area (TPSA) is 162 Å². The number of rotatable bonds is 10. The summed E-state index contributed by atoms with van der Waals surface area (Å²) in [5, 5.41) is 6.93. The van der Waals surface area contributed by atoms with Crippen LogP contribution in [0.4, 0.5) is 9.59 Å². The molecule has 3 aromatic rings. The summed E-state index contributed by atoms with van der Waals surface area (Å²) >= 11 is 0. The first kappa shape index (κ1) is 24.8. The molecule has 5 N–H and O–H groups in total. The van der Waals surface area contributed by atoms with E-state index in [9.17, 15) is 19.2 Å². The number of benzene rings is 2. The minimum Gasteiger partial charge on any atom is -0.467 e. The molecule has 0 saturated carbocycles. The van der Waals surface area contributed by atoms with Gasteiger partial charge in [0.25, 0.3) is 5.91 Å². The second-order valence-electron chi connectivity index (χ2n) is 7.22. The van der Waals surface area contributed by atoms with Crippen molar-refractivity contribution in [3.8, 4) is 11.5 Å². The van der Waals surface area contributed by atoms with E-state index < -0.39 is 36.6 Å². The molecule has 11 heteroatoms. The number of carbonyl (C=O) groups excluding carboxylic acids is 4. The van der Waals surface area contributed by atoms with Gasteiger partial charge in [-0.3, -0.25) is 14.9 Å². The number of imide groups is 1. The molecule has 0 radical (unpaired) electrons. The van der Waals surface area contributed by atoms with E-state index in [1.807, 2.05) is 23.5 Å². The number of nitrogens with one attached hydrogen (secondary N) is 3. The first-order chi connectivity index (χ1) is 16.9. The molecule has 0 aliphatic carbocycles. The molecule has 0 aliphatic rings. The molecule has 0 fully saturated rings. The SMILES string of the molecule is NC(=O)N[C@H](CC(=O)OCC(=O)NC(=O)NCc1ccco1)c1cccc(Oc2ccccc2)c1. The van der Waals surface area contributed by atoms with Crippen LogP contribution < -0.4 is 26.4 Å². The van der Waals surface area contributed by atoms with Crippen molar-refractivity contribution in [3.63, 3.8) is 0 Å². The van der Waals surface area contributed by atoms with Crippen LogP contribution in [-0.4, -0.2) is 30.5 Å². The van der Waals surface area contributed by atoms with E-state index in [1.165, 1.54) is 6.26 Å². The Labute approximate surface area is 200 Å². The highest BCUT2D eigenvalue weighted by Gasteiger charge is 2.20. The molecule has 35 heavy (non-hydrogen) atoms. The van der Waals surface area contributed by atoms with Gasteiger partial charge in [0.15, 0.2) is 6.61 Å². The smallest absolute Gasteiger partial charge is 0.321 e. The van der Waals surface area contributed by atoms with Gasteiger partial charge in [-0.15, -0.1) is 0 Å². The third-order valence-electron chi connectivity index (χ3n) is 4.55. The van der Waals surface area contributed by atoms with E-state index in [2.05, 4.69) is 10.6 Å². The van der Waals surface area contributed by atoms with Gasteiger partial charge in [-0.2, -0.15) is 0 Å². The Bertz CT molecular complexity index is 1150. The maximum atomic E-state index is 12.3. The monoisotopic (exact) mass is 480 g/mol. The Morgan fingerprint density at radius 3 is 2.43 bits per heavy atom. The average Bonchev–Trinajstić information content (AvgIpc) is 3.35. The van der Waals surface area contributed by atoms with Gasteiger partial charge in [0, 0.05) is 0 Å². The van der Waals surface area contributed by atoms with Crippen molar-refractivity contribution >= 4 is 23.9 Å². The molecule has 0 unspecified atom stereocenters. The second kappa shape index (κ2) is 12.4. The highest BCUT2D eigenvalue weighted by molar-refractivity contribution is 5.95. The van der Waals surface area contributed by atoms with Gasteiger partial charge in [0.05, 0.1) is 25.3 Å². The molecule has 0 bridgehead atoms. The minimum atomic E-state index is -0.844. The molecule has 1 heterocycles. The molecule has 0 aliphatic heterocycles. The van der Waals surface area contributed by atoms with E-state index in [0.29, 0.717) is 22.8 Å². The van der Waals surface area contributed by atoms with Crippen molar-refractivity contribution in [2.24, 2.45) is 5.73 Å². The first-order valence-electron chi connectivity index (χ1n) is 10.5. The number of hydrogen-bond donors (Lipinski definition) is 4. The third-order valence-corrected chi connectivity index (χ3v) is 4.55. The average molecular weight is 480 g/mol. The van der Waals surface area contributed by atoms with Crippen molar-refractivity contribution in [3.05, 3.63) is 84.3 Å². The number of hydrogen-bond acceptors (Lipinski definition) is 7. The molecular weight excluding hydrogens is 456 g/mol. The lowest BCUT2D eigenvalue weighted by atomic mass is 10.0. The fourth-order valence-corrected chi connectivity index (χ4v) is 3.00. The lowest BCUT2D eigenvalue weighted by Gasteiger charge is -2.18. The molecule has 1 aromatic heterocycles. The van der Waals surface area contributed by atoms with Crippen molar-refractivity contribution in [1.82, 2.24) is 16.0 Å². The molecule has 2 aromatic carbocycles. The van der Waals surface area contributed by atoms with Gasteiger partial charge in [0.2, 0.25) is 0 Å². The standard InChI is InChI=1S/C24H24N4O7/c25-23(31)27-20(16-6-4-9-18(12-16)35-17-7-2-1-3-8-17)13-22(30)34-15-21(29)28-24(32)26-14-19-10-5-11-33-19/h1-12,20H,13-15H2,(H3,25,27,31)(H2,26,28,29,32)/t20-/m1/s1. The van der Waals surface area contributed by atoms with Crippen LogP contribution >= 0.6 is 0 Å². The second-order valence-corrected chi connectivity index (χ2v) is 7.22. The van der Waals surface area contributed by atoms with Crippen LogP contribution in [-0.2, 0) is 20.9 Å². The number of urea groups is 2. The van der Waals surface area contributed by atoms with Gasteiger partial charge in [-0.25, -0.2) is 9.59 Å². The number of esters is 1. The quantitative estimate of drug-likeness (QED) is 0.324. The van der Waals surface area contributed by atoms with E-state index in [0.717, 1.165) is 0 Å².